The van der Waals surface area contributed by atoms with Crippen molar-refractivity contribution in [3.63, 3.8) is 0 Å². The van der Waals surface area contributed by atoms with E-state index in [1.54, 1.807) is 24.3 Å². The lowest BCUT2D eigenvalue weighted by Crippen LogP contribution is -2.44. The summed E-state index contributed by atoms with van der Waals surface area (Å²) in [6.07, 6.45) is 8.35. The summed E-state index contributed by atoms with van der Waals surface area (Å²) in [7, 11) is 0. The molecular formula is C33H30F3N5O3. The van der Waals surface area contributed by atoms with Crippen LogP contribution in [0.15, 0.2) is 30.3 Å². The van der Waals surface area contributed by atoms with Gasteiger partial charge in [-0.05, 0) is 43.7 Å². The quantitative estimate of drug-likeness (QED) is 0.316. The molecular weight excluding hydrogens is 571 g/mol. The van der Waals surface area contributed by atoms with Gasteiger partial charge in [0.2, 0.25) is 5.88 Å². The summed E-state index contributed by atoms with van der Waals surface area (Å²) in [6, 6.07) is 7.97. The van der Waals surface area contributed by atoms with Gasteiger partial charge in [0.25, 0.3) is 0 Å². The third-order valence-corrected chi connectivity index (χ3v) is 9.84. The first-order valence-corrected chi connectivity index (χ1v) is 15.0. The number of terminal acetylenes is 1. The number of anilines is 1. The molecule has 2 aromatic carbocycles. The van der Waals surface area contributed by atoms with Crippen LogP contribution in [0, 0.1) is 24.0 Å². The zero-order valence-corrected chi connectivity index (χ0v) is 24.0. The number of nitrogens with zero attached hydrogens (tertiary/aromatic N) is 5. The summed E-state index contributed by atoms with van der Waals surface area (Å²) < 4.78 is 58.4. The van der Waals surface area contributed by atoms with Crippen molar-refractivity contribution in [2.45, 2.75) is 49.4 Å². The average molecular weight is 602 g/mol. The molecule has 3 fully saturated rings. The van der Waals surface area contributed by atoms with Crippen molar-refractivity contribution in [2.24, 2.45) is 0 Å². The van der Waals surface area contributed by atoms with Crippen LogP contribution in [0.4, 0.5) is 19.0 Å². The van der Waals surface area contributed by atoms with E-state index in [0.29, 0.717) is 41.7 Å². The molecule has 1 saturated carbocycles. The standard InChI is InChI=1S/C33H30F3N5O3/c1-2-21-23(35)8-7-19-5-3-6-22(24(19)21)27-26(36)28-25-29(41(32(17-42)10-11-32)13-14-43-30(25)37-27)39-31(38-28)44-18-33-9-4-12-40(33)16-20(34)15-33/h1,3,5-8,20,42H,4,9-18H2/t20-,33+/m1/s1. The molecule has 2 atom stereocenters. The van der Waals surface area contributed by atoms with Gasteiger partial charge in [-0.3, -0.25) is 4.90 Å². The van der Waals surface area contributed by atoms with Gasteiger partial charge in [-0.2, -0.15) is 9.97 Å². The van der Waals surface area contributed by atoms with Crippen molar-refractivity contribution in [2.75, 3.05) is 44.4 Å². The molecule has 44 heavy (non-hydrogen) atoms. The molecule has 0 bridgehead atoms. The van der Waals surface area contributed by atoms with E-state index in [-0.39, 0.29) is 53.9 Å². The van der Waals surface area contributed by atoms with Crippen LogP contribution in [0.3, 0.4) is 0 Å². The molecule has 4 aromatic rings. The number of benzene rings is 2. The summed E-state index contributed by atoms with van der Waals surface area (Å²) in [4.78, 5) is 18.0. The van der Waals surface area contributed by atoms with E-state index in [1.165, 1.54) is 6.07 Å². The van der Waals surface area contributed by atoms with Crippen LogP contribution in [0.5, 0.6) is 11.9 Å². The number of alkyl halides is 1. The molecule has 11 heteroatoms. The lowest BCUT2D eigenvalue weighted by Gasteiger charge is -2.32. The summed E-state index contributed by atoms with van der Waals surface area (Å²) in [5, 5.41) is 11.6. The number of pyridine rings is 1. The molecule has 1 N–H and O–H groups in total. The molecule has 8 nitrogen and oxygen atoms in total. The highest BCUT2D eigenvalue weighted by molar-refractivity contribution is 6.03. The van der Waals surface area contributed by atoms with Gasteiger partial charge < -0.3 is 19.5 Å². The SMILES string of the molecule is C#Cc1c(F)ccc2cccc(-c3nc4c5c(nc(OC[C@@]67CCCN6C[C@H](F)C7)nc5c3F)N(C3(CO)CC3)CCO4)c12. The van der Waals surface area contributed by atoms with Crippen LogP contribution < -0.4 is 14.4 Å². The Hall–Kier alpha value is -4.14. The Balaban J connectivity index is 1.33. The molecule has 0 radical (unpaired) electrons. The Labute approximate surface area is 251 Å². The van der Waals surface area contributed by atoms with Gasteiger partial charge in [-0.1, -0.05) is 30.2 Å². The molecule has 0 amide bonds. The van der Waals surface area contributed by atoms with Gasteiger partial charge in [-0.15, -0.1) is 6.42 Å². The molecule has 2 aromatic heterocycles. The minimum atomic E-state index is -0.930. The Morgan fingerprint density at radius 2 is 1.93 bits per heavy atom. The molecule has 1 aliphatic carbocycles. The van der Waals surface area contributed by atoms with Crippen molar-refractivity contribution >= 4 is 27.5 Å². The molecule has 0 unspecified atom stereocenters. The smallest absolute Gasteiger partial charge is 0.319 e. The van der Waals surface area contributed by atoms with Crippen molar-refractivity contribution < 1.29 is 27.8 Å². The Kier molecular flexibility index (Phi) is 6.19. The van der Waals surface area contributed by atoms with E-state index in [0.717, 1.165) is 32.2 Å². The fourth-order valence-electron chi connectivity index (χ4n) is 7.44. The largest absolute Gasteiger partial charge is 0.475 e. The first-order valence-electron chi connectivity index (χ1n) is 15.0. The highest BCUT2D eigenvalue weighted by atomic mass is 19.1. The number of halogens is 3. The molecule has 0 spiro atoms. The van der Waals surface area contributed by atoms with Crippen LogP contribution in [0.25, 0.3) is 32.9 Å². The van der Waals surface area contributed by atoms with Crippen LogP contribution in [-0.4, -0.2) is 81.7 Å². The topological polar surface area (TPSA) is 83.8 Å². The van der Waals surface area contributed by atoms with Gasteiger partial charge in [0.05, 0.1) is 29.8 Å². The zero-order valence-electron chi connectivity index (χ0n) is 24.0. The van der Waals surface area contributed by atoms with Crippen LogP contribution >= 0.6 is 0 Å². The predicted octanol–water partition coefficient (Wildman–Crippen LogP) is 4.78. The van der Waals surface area contributed by atoms with Gasteiger partial charge in [-0.25, -0.2) is 18.2 Å². The lowest BCUT2D eigenvalue weighted by atomic mass is 9.95. The van der Waals surface area contributed by atoms with Gasteiger partial charge in [0, 0.05) is 23.9 Å². The summed E-state index contributed by atoms with van der Waals surface area (Å²) >= 11 is 0. The molecule has 4 aliphatic rings. The number of fused-ring (bicyclic) bond motifs is 2. The van der Waals surface area contributed by atoms with E-state index in [1.807, 2.05) is 4.90 Å². The van der Waals surface area contributed by atoms with Crippen molar-refractivity contribution in [3.05, 3.63) is 47.5 Å². The zero-order chi connectivity index (χ0) is 30.2. The van der Waals surface area contributed by atoms with Crippen molar-refractivity contribution in [3.8, 4) is 35.5 Å². The third kappa shape index (κ3) is 4.04. The fourth-order valence-corrected chi connectivity index (χ4v) is 7.44. The maximum Gasteiger partial charge on any atom is 0.319 e. The van der Waals surface area contributed by atoms with E-state index in [9.17, 15) is 13.9 Å². The van der Waals surface area contributed by atoms with Crippen molar-refractivity contribution in [1.82, 2.24) is 19.9 Å². The van der Waals surface area contributed by atoms with Gasteiger partial charge >= 0.3 is 6.01 Å². The average Bonchev–Trinajstić information content (AvgIpc) is 3.68. The highest BCUT2D eigenvalue weighted by Crippen LogP contribution is 2.49. The first-order chi connectivity index (χ1) is 21.4. The summed E-state index contributed by atoms with van der Waals surface area (Å²) in [5.74, 6) is 1.54. The fraction of sp³-hybridized carbons (Fsp3) is 0.424. The van der Waals surface area contributed by atoms with E-state index < -0.39 is 28.9 Å². The number of rotatable bonds is 6. The first kappa shape index (κ1) is 27.4. The lowest BCUT2D eigenvalue weighted by molar-refractivity contribution is 0.107. The number of hydrogen-bond donors (Lipinski definition) is 1. The number of hydrogen-bond acceptors (Lipinski definition) is 8. The number of ether oxygens (including phenoxy) is 2. The van der Waals surface area contributed by atoms with E-state index >= 15 is 4.39 Å². The Morgan fingerprint density at radius 1 is 1.07 bits per heavy atom. The maximum atomic E-state index is 16.8. The molecule has 8 rings (SSSR count). The Morgan fingerprint density at radius 3 is 2.73 bits per heavy atom. The molecule has 2 saturated heterocycles. The Bertz CT molecular complexity index is 1880. The predicted molar refractivity (Wildman–Crippen MR) is 159 cm³/mol. The second kappa shape index (κ2) is 9.94. The normalized spacial score (nSPS) is 23.8. The maximum absolute atomic E-state index is 16.8. The van der Waals surface area contributed by atoms with E-state index in [2.05, 4.69) is 20.8 Å². The van der Waals surface area contributed by atoms with Gasteiger partial charge in [0.15, 0.2) is 5.82 Å². The molecule has 5 heterocycles. The van der Waals surface area contributed by atoms with Crippen LogP contribution in [0.2, 0.25) is 0 Å². The van der Waals surface area contributed by atoms with Crippen LogP contribution in [0.1, 0.15) is 37.7 Å². The second-order valence-corrected chi connectivity index (χ2v) is 12.3. The third-order valence-electron chi connectivity index (χ3n) is 9.84. The monoisotopic (exact) mass is 601 g/mol. The number of aliphatic hydroxyl groups is 1. The van der Waals surface area contributed by atoms with E-state index in [4.69, 9.17) is 20.9 Å². The second-order valence-electron chi connectivity index (χ2n) is 12.3. The summed E-state index contributed by atoms with van der Waals surface area (Å²) in [6.45, 7) is 1.81. The number of aliphatic hydroxyl groups excluding tert-OH is 1. The number of aromatic nitrogens is 3. The summed E-state index contributed by atoms with van der Waals surface area (Å²) in [5.41, 5.74) is -0.871. The minimum absolute atomic E-state index is 0.00600. The molecule has 3 aliphatic heterocycles. The molecule has 226 valence electrons. The highest BCUT2D eigenvalue weighted by Gasteiger charge is 2.51. The minimum Gasteiger partial charge on any atom is -0.475 e. The van der Waals surface area contributed by atoms with Crippen molar-refractivity contribution in [1.29, 1.82) is 0 Å². The van der Waals surface area contributed by atoms with Gasteiger partial charge in [0.1, 0.15) is 47.6 Å². The van der Waals surface area contributed by atoms with Crippen LogP contribution in [-0.2, 0) is 0 Å².